The van der Waals surface area contributed by atoms with E-state index in [0.717, 1.165) is 24.8 Å². The second-order valence-corrected chi connectivity index (χ2v) is 5.02. The van der Waals surface area contributed by atoms with Crippen LogP contribution in [-0.4, -0.2) is 16.9 Å². The fraction of sp³-hybridized carbons (Fsp3) is 0.429. The summed E-state index contributed by atoms with van der Waals surface area (Å²) in [5.41, 5.74) is 0.627. The number of benzene rings is 1. The van der Waals surface area contributed by atoms with Crippen molar-refractivity contribution in [1.82, 2.24) is 5.32 Å². The predicted molar refractivity (Wildman–Crippen MR) is 72.0 cm³/mol. The van der Waals surface area contributed by atoms with Crippen molar-refractivity contribution in [2.24, 2.45) is 5.92 Å². The number of hydrogen-bond acceptors (Lipinski definition) is 4. The van der Waals surface area contributed by atoms with Crippen LogP contribution in [-0.2, 0) is 0 Å². The van der Waals surface area contributed by atoms with Gasteiger partial charge in [-0.15, -0.1) is 0 Å². The van der Waals surface area contributed by atoms with Crippen LogP contribution in [0.4, 0.5) is 5.69 Å². The van der Waals surface area contributed by atoms with Gasteiger partial charge in [0.25, 0.3) is 11.6 Å². The van der Waals surface area contributed by atoms with Gasteiger partial charge in [0.2, 0.25) is 0 Å². The van der Waals surface area contributed by atoms with Crippen LogP contribution in [0.1, 0.15) is 35.2 Å². The van der Waals surface area contributed by atoms with Gasteiger partial charge in [0.15, 0.2) is 0 Å². The first-order valence-electron chi connectivity index (χ1n) is 6.48. The summed E-state index contributed by atoms with van der Waals surface area (Å²) in [5.74, 6) is -0.685. The van der Waals surface area contributed by atoms with E-state index in [1.807, 2.05) is 0 Å². The zero-order valence-electron chi connectivity index (χ0n) is 11.1. The number of nitro groups is 1. The van der Waals surface area contributed by atoms with E-state index in [-0.39, 0.29) is 23.2 Å². The van der Waals surface area contributed by atoms with E-state index >= 15 is 0 Å². The van der Waals surface area contributed by atoms with E-state index in [1.165, 1.54) is 12.1 Å². The van der Waals surface area contributed by atoms with Crippen LogP contribution in [0.2, 0.25) is 0 Å². The summed E-state index contributed by atoms with van der Waals surface area (Å²) in [6.45, 7) is 1.77. The fourth-order valence-electron chi connectivity index (χ4n) is 2.52. The molecule has 20 heavy (non-hydrogen) atoms. The molecule has 1 aliphatic rings. The fourth-order valence-corrected chi connectivity index (χ4v) is 2.52. The summed E-state index contributed by atoms with van der Waals surface area (Å²) >= 11 is 0. The Morgan fingerprint density at radius 3 is 2.90 bits per heavy atom. The lowest BCUT2D eigenvalue weighted by atomic mass is 10.0. The van der Waals surface area contributed by atoms with Crippen LogP contribution in [0.25, 0.3) is 0 Å². The lowest BCUT2D eigenvalue weighted by Gasteiger charge is -2.15. The second kappa shape index (κ2) is 5.70. The number of amides is 1. The molecule has 104 valence electrons. The molecule has 1 aliphatic carbocycles. The van der Waals surface area contributed by atoms with Crippen LogP contribution in [0.15, 0.2) is 18.2 Å². The van der Waals surface area contributed by atoms with E-state index in [1.54, 1.807) is 13.0 Å². The average molecular weight is 273 g/mol. The van der Waals surface area contributed by atoms with Gasteiger partial charge in [-0.05, 0) is 37.8 Å². The van der Waals surface area contributed by atoms with Crippen molar-refractivity contribution in [3.63, 3.8) is 0 Å². The van der Waals surface area contributed by atoms with Gasteiger partial charge in [-0.1, -0.05) is 6.07 Å². The summed E-state index contributed by atoms with van der Waals surface area (Å²) in [7, 11) is 0. The van der Waals surface area contributed by atoms with Crippen LogP contribution in [0.5, 0.6) is 0 Å². The van der Waals surface area contributed by atoms with E-state index in [4.69, 9.17) is 5.26 Å². The monoisotopic (exact) mass is 273 g/mol. The number of nitro benzene ring substituents is 1. The third-order valence-electron chi connectivity index (χ3n) is 3.59. The Hall–Kier alpha value is -2.42. The Morgan fingerprint density at radius 1 is 1.50 bits per heavy atom. The second-order valence-electron chi connectivity index (χ2n) is 5.02. The molecule has 0 spiro atoms. The van der Waals surface area contributed by atoms with Gasteiger partial charge in [-0.25, -0.2) is 0 Å². The molecular formula is C14H15N3O3. The van der Waals surface area contributed by atoms with Crippen molar-refractivity contribution in [1.29, 1.82) is 5.26 Å². The zero-order valence-corrected chi connectivity index (χ0v) is 11.1. The first kappa shape index (κ1) is 14.0. The van der Waals surface area contributed by atoms with Crippen molar-refractivity contribution < 1.29 is 9.72 Å². The maximum atomic E-state index is 12.2. The lowest BCUT2D eigenvalue weighted by Crippen LogP contribution is -2.37. The van der Waals surface area contributed by atoms with Crippen molar-refractivity contribution in [2.45, 2.75) is 32.2 Å². The summed E-state index contributed by atoms with van der Waals surface area (Å²) in [4.78, 5) is 22.6. The molecule has 0 radical (unpaired) electrons. The summed E-state index contributed by atoms with van der Waals surface area (Å²) in [6, 6.07) is 6.39. The van der Waals surface area contributed by atoms with Gasteiger partial charge in [0.1, 0.15) is 5.56 Å². The Labute approximate surface area is 116 Å². The number of carbonyl (C=O) groups excluding carboxylic acids is 1. The van der Waals surface area contributed by atoms with Gasteiger partial charge in [0.05, 0.1) is 16.9 Å². The van der Waals surface area contributed by atoms with Gasteiger partial charge in [0, 0.05) is 12.1 Å². The van der Waals surface area contributed by atoms with Crippen molar-refractivity contribution in [3.05, 3.63) is 39.4 Å². The van der Waals surface area contributed by atoms with E-state index in [2.05, 4.69) is 11.4 Å². The van der Waals surface area contributed by atoms with Crippen LogP contribution < -0.4 is 5.32 Å². The largest absolute Gasteiger partial charge is 0.348 e. The molecule has 0 saturated heterocycles. The molecule has 0 aliphatic heterocycles. The Kier molecular flexibility index (Phi) is 3.99. The van der Waals surface area contributed by atoms with E-state index < -0.39 is 10.8 Å². The summed E-state index contributed by atoms with van der Waals surface area (Å²) in [5, 5.41) is 22.7. The first-order valence-corrected chi connectivity index (χ1v) is 6.48. The third kappa shape index (κ3) is 2.77. The van der Waals surface area contributed by atoms with Gasteiger partial charge in [-0.2, -0.15) is 5.26 Å². The first-order chi connectivity index (χ1) is 9.52. The minimum atomic E-state index is -0.565. The van der Waals surface area contributed by atoms with Gasteiger partial charge in [-0.3, -0.25) is 14.9 Å². The molecule has 6 heteroatoms. The molecule has 1 aromatic carbocycles. The molecule has 0 aromatic heterocycles. The maximum Gasteiger partial charge on any atom is 0.282 e. The molecule has 0 heterocycles. The minimum absolute atomic E-state index is 0.0542. The average Bonchev–Trinajstić information content (AvgIpc) is 2.85. The Morgan fingerprint density at radius 2 is 2.25 bits per heavy atom. The highest BCUT2D eigenvalue weighted by Crippen LogP contribution is 2.26. The van der Waals surface area contributed by atoms with Gasteiger partial charge < -0.3 is 5.32 Å². The van der Waals surface area contributed by atoms with Crippen molar-refractivity contribution in [2.75, 3.05) is 0 Å². The molecule has 2 atom stereocenters. The van der Waals surface area contributed by atoms with Crippen LogP contribution in [0.3, 0.4) is 0 Å². The normalized spacial score (nSPS) is 21.2. The quantitative estimate of drug-likeness (QED) is 0.675. The molecule has 1 aromatic rings. The molecule has 1 fully saturated rings. The molecule has 1 amide bonds. The molecule has 2 rings (SSSR count). The lowest BCUT2D eigenvalue weighted by molar-refractivity contribution is -0.385. The molecule has 6 nitrogen and oxygen atoms in total. The molecule has 1 saturated carbocycles. The number of nitrogens with zero attached hydrogens (tertiary/aromatic N) is 2. The molecule has 2 unspecified atom stereocenters. The number of aryl methyl sites for hydroxylation is 1. The molecule has 1 N–H and O–H groups in total. The number of carbonyl (C=O) groups is 1. The number of nitrogens with one attached hydrogen (secondary N) is 1. The molecule has 0 bridgehead atoms. The van der Waals surface area contributed by atoms with E-state index in [9.17, 15) is 14.9 Å². The summed E-state index contributed by atoms with van der Waals surface area (Å²) in [6.07, 6.45) is 2.39. The topological polar surface area (TPSA) is 96.0 Å². The van der Waals surface area contributed by atoms with Crippen LogP contribution in [0, 0.1) is 34.3 Å². The zero-order chi connectivity index (χ0) is 14.7. The Balaban J connectivity index is 2.23. The summed E-state index contributed by atoms with van der Waals surface area (Å²) < 4.78 is 0. The molecular weight excluding hydrogens is 258 g/mol. The number of hydrogen-bond donors (Lipinski definition) is 1. The van der Waals surface area contributed by atoms with Crippen molar-refractivity contribution >= 4 is 11.6 Å². The minimum Gasteiger partial charge on any atom is -0.348 e. The highest BCUT2D eigenvalue weighted by molar-refractivity contribution is 5.98. The Bertz CT molecular complexity index is 592. The predicted octanol–water partition coefficient (Wildman–Crippen LogP) is 2.33. The maximum absolute atomic E-state index is 12.2. The number of nitriles is 1. The highest BCUT2D eigenvalue weighted by atomic mass is 16.6. The van der Waals surface area contributed by atoms with Gasteiger partial charge >= 0.3 is 0 Å². The SMILES string of the molecule is Cc1ccc([N+](=O)[O-])c(C(=O)NC2CCCC2C#N)c1. The van der Waals surface area contributed by atoms with E-state index in [0.29, 0.717) is 0 Å². The smallest absolute Gasteiger partial charge is 0.282 e. The third-order valence-corrected chi connectivity index (χ3v) is 3.59. The van der Waals surface area contributed by atoms with Crippen LogP contribution >= 0.6 is 0 Å². The van der Waals surface area contributed by atoms with Crippen molar-refractivity contribution in [3.8, 4) is 6.07 Å². The standard InChI is InChI=1S/C14H15N3O3/c1-9-5-6-13(17(19)20)11(7-9)14(18)16-12-4-2-3-10(12)8-15/h5-7,10,12H,2-4H2,1H3,(H,16,18). The number of rotatable bonds is 3. The highest BCUT2D eigenvalue weighted by Gasteiger charge is 2.30.